The first kappa shape index (κ1) is 16.5. The zero-order chi connectivity index (χ0) is 19.8. The zero-order valence-corrected chi connectivity index (χ0v) is 17.5. The van der Waals surface area contributed by atoms with Crippen LogP contribution in [0.4, 0.5) is 17.1 Å². The van der Waals surface area contributed by atoms with Crippen molar-refractivity contribution in [3.63, 3.8) is 0 Å². The lowest BCUT2D eigenvalue weighted by Gasteiger charge is -2.24. The number of aliphatic imine (C=N–C) groups is 1. The normalized spacial score (nSPS) is 21.3. The minimum atomic E-state index is 0.120. The summed E-state index contributed by atoms with van der Waals surface area (Å²) in [7, 11) is 0. The minimum absolute atomic E-state index is 0.120. The van der Waals surface area contributed by atoms with Crippen LogP contribution in [0.25, 0.3) is 21.9 Å². The summed E-state index contributed by atoms with van der Waals surface area (Å²) < 4.78 is 7.41. The lowest BCUT2D eigenvalue weighted by molar-refractivity contribution is 0.669. The van der Waals surface area contributed by atoms with Crippen molar-refractivity contribution in [2.45, 2.75) is 12.1 Å². The number of furan rings is 1. The Morgan fingerprint density at radius 3 is 2.67 bits per heavy atom. The molecule has 7 rings (SSSR count). The number of para-hydroxylation sites is 2. The number of hydrogen-bond acceptors (Lipinski definition) is 4. The Morgan fingerprint density at radius 2 is 1.70 bits per heavy atom. The molecule has 5 heteroatoms. The highest BCUT2D eigenvalue weighted by molar-refractivity contribution is 9.10. The molecule has 4 aromatic rings. The van der Waals surface area contributed by atoms with Crippen LogP contribution < -0.4 is 9.80 Å². The second-order valence-corrected chi connectivity index (χ2v) is 8.69. The molecule has 30 heavy (non-hydrogen) atoms. The van der Waals surface area contributed by atoms with Crippen molar-refractivity contribution in [2.24, 2.45) is 4.99 Å². The summed E-state index contributed by atoms with van der Waals surface area (Å²) in [6.45, 7) is 0. The van der Waals surface area contributed by atoms with E-state index in [0.29, 0.717) is 0 Å². The molecule has 0 saturated heterocycles. The molecule has 4 nitrogen and oxygen atoms in total. The monoisotopic (exact) mass is 453 g/mol. The lowest BCUT2D eigenvalue weighted by Crippen LogP contribution is -2.39. The SMILES string of the molecule is Brc1ccc2c(c1)N1C(=NC3C=CC=CC31)N2c1cccc2c1oc1ccccc12. The molecule has 0 saturated carbocycles. The summed E-state index contributed by atoms with van der Waals surface area (Å²) in [5, 5.41) is 2.25. The number of allylic oxidation sites excluding steroid dienone is 2. The standard InChI is InChI=1S/C25H16BrN3O/c26-15-12-13-20-22(14-15)28-19-9-3-2-8-18(19)27-25(28)29(20)21-10-5-7-17-16-6-1-4-11-23(16)30-24(17)21/h1-14,18-19H. The van der Waals surface area contributed by atoms with Gasteiger partial charge >= 0.3 is 0 Å². The van der Waals surface area contributed by atoms with Gasteiger partial charge in [0.2, 0.25) is 5.96 Å². The van der Waals surface area contributed by atoms with Crippen molar-refractivity contribution in [3.05, 3.63) is 89.4 Å². The summed E-state index contributed by atoms with van der Waals surface area (Å²) in [5.41, 5.74) is 5.08. The maximum Gasteiger partial charge on any atom is 0.212 e. The molecule has 0 spiro atoms. The third-order valence-electron chi connectivity index (χ3n) is 6.12. The molecule has 2 aliphatic heterocycles. The van der Waals surface area contributed by atoms with Gasteiger partial charge in [-0.2, -0.15) is 0 Å². The highest BCUT2D eigenvalue weighted by atomic mass is 79.9. The van der Waals surface area contributed by atoms with Gasteiger partial charge < -0.3 is 9.32 Å². The van der Waals surface area contributed by atoms with Crippen LogP contribution in [0.2, 0.25) is 0 Å². The molecule has 1 aliphatic carbocycles. The molecule has 1 aromatic heterocycles. The van der Waals surface area contributed by atoms with Crippen molar-refractivity contribution < 1.29 is 4.42 Å². The van der Waals surface area contributed by atoms with E-state index in [2.05, 4.69) is 98.6 Å². The fourth-order valence-electron chi connectivity index (χ4n) is 4.84. The average Bonchev–Trinajstić information content (AvgIpc) is 3.42. The maximum atomic E-state index is 6.35. The van der Waals surface area contributed by atoms with Crippen LogP contribution in [0.5, 0.6) is 0 Å². The van der Waals surface area contributed by atoms with E-state index in [9.17, 15) is 0 Å². The van der Waals surface area contributed by atoms with Gasteiger partial charge in [0.25, 0.3) is 0 Å². The number of rotatable bonds is 1. The molecule has 2 unspecified atom stereocenters. The first-order valence-electron chi connectivity index (χ1n) is 10.0. The number of anilines is 3. The van der Waals surface area contributed by atoms with Crippen molar-refractivity contribution in [3.8, 4) is 0 Å². The van der Waals surface area contributed by atoms with E-state index >= 15 is 0 Å². The van der Waals surface area contributed by atoms with Gasteiger partial charge in [-0.15, -0.1) is 0 Å². The molecule has 0 amide bonds. The second kappa shape index (κ2) is 5.86. The molecule has 0 bridgehead atoms. The van der Waals surface area contributed by atoms with Gasteiger partial charge in [-0.05, 0) is 30.3 Å². The quantitative estimate of drug-likeness (QED) is 0.327. The lowest BCUT2D eigenvalue weighted by atomic mass is 10.0. The summed E-state index contributed by atoms with van der Waals surface area (Å²) >= 11 is 3.65. The van der Waals surface area contributed by atoms with Gasteiger partial charge in [-0.25, -0.2) is 4.99 Å². The Balaban J connectivity index is 1.52. The molecule has 0 N–H and O–H groups in total. The zero-order valence-electron chi connectivity index (χ0n) is 15.9. The van der Waals surface area contributed by atoms with Crippen LogP contribution in [-0.2, 0) is 0 Å². The smallest absolute Gasteiger partial charge is 0.212 e. The molecule has 144 valence electrons. The second-order valence-electron chi connectivity index (χ2n) is 7.77. The first-order valence-corrected chi connectivity index (χ1v) is 10.8. The van der Waals surface area contributed by atoms with E-state index in [1.165, 1.54) is 0 Å². The molecular formula is C25H16BrN3O. The maximum absolute atomic E-state index is 6.35. The number of benzene rings is 3. The molecule has 3 aliphatic rings. The Bertz CT molecular complexity index is 1450. The Morgan fingerprint density at radius 1 is 0.833 bits per heavy atom. The molecular weight excluding hydrogens is 438 g/mol. The van der Waals surface area contributed by atoms with Crippen LogP contribution in [-0.4, -0.2) is 18.0 Å². The van der Waals surface area contributed by atoms with Crippen LogP contribution in [0.3, 0.4) is 0 Å². The van der Waals surface area contributed by atoms with Crippen molar-refractivity contribution in [1.29, 1.82) is 0 Å². The number of hydrogen-bond donors (Lipinski definition) is 0. The first-order chi connectivity index (χ1) is 14.8. The highest BCUT2D eigenvalue weighted by Gasteiger charge is 2.45. The third kappa shape index (κ3) is 2.08. The van der Waals surface area contributed by atoms with Gasteiger partial charge in [-0.1, -0.05) is 70.6 Å². The van der Waals surface area contributed by atoms with Crippen molar-refractivity contribution in [1.82, 2.24) is 0 Å². The number of nitrogens with zero attached hydrogens (tertiary/aromatic N) is 3. The van der Waals surface area contributed by atoms with Gasteiger partial charge in [0.15, 0.2) is 5.58 Å². The fourth-order valence-corrected chi connectivity index (χ4v) is 5.19. The van der Waals surface area contributed by atoms with E-state index in [-0.39, 0.29) is 12.1 Å². The average molecular weight is 454 g/mol. The largest absolute Gasteiger partial charge is 0.454 e. The van der Waals surface area contributed by atoms with E-state index in [1.54, 1.807) is 0 Å². The highest BCUT2D eigenvalue weighted by Crippen LogP contribution is 2.49. The summed E-state index contributed by atoms with van der Waals surface area (Å²) in [6, 6.07) is 21.3. The van der Waals surface area contributed by atoms with Crippen LogP contribution in [0.1, 0.15) is 0 Å². The van der Waals surface area contributed by atoms with Gasteiger partial charge in [-0.3, -0.25) is 4.90 Å². The van der Waals surface area contributed by atoms with E-state index in [4.69, 9.17) is 9.41 Å². The van der Waals surface area contributed by atoms with Crippen molar-refractivity contribution >= 4 is 60.9 Å². The Labute approximate surface area is 181 Å². The van der Waals surface area contributed by atoms with Gasteiger partial charge in [0.1, 0.15) is 5.58 Å². The Hall–Kier alpha value is -3.31. The predicted octanol–water partition coefficient (Wildman–Crippen LogP) is 6.54. The number of halogens is 1. The van der Waals surface area contributed by atoms with Crippen LogP contribution >= 0.6 is 15.9 Å². The third-order valence-corrected chi connectivity index (χ3v) is 6.61. The summed E-state index contributed by atoms with van der Waals surface area (Å²) in [6.07, 6.45) is 8.60. The fraction of sp³-hybridized carbons (Fsp3) is 0.0800. The minimum Gasteiger partial charge on any atom is -0.454 e. The van der Waals surface area contributed by atoms with E-state index < -0.39 is 0 Å². The molecule has 0 radical (unpaired) electrons. The molecule has 2 atom stereocenters. The van der Waals surface area contributed by atoms with Gasteiger partial charge in [0, 0.05) is 15.2 Å². The van der Waals surface area contributed by atoms with Crippen LogP contribution in [0.15, 0.2) is 98.9 Å². The van der Waals surface area contributed by atoms with E-state index in [1.807, 2.05) is 12.1 Å². The summed E-state index contributed by atoms with van der Waals surface area (Å²) in [4.78, 5) is 9.69. The van der Waals surface area contributed by atoms with Gasteiger partial charge in [0.05, 0.1) is 29.1 Å². The van der Waals surface area contributed by atoms with Crippen LogP contribution in [0, 0.1) is 0 Å². The molecule has 3 aromatic carbocycles. The van der Waals surface area contributed by atoms with E-state index in [0.717, 1.165) is 49.4 Å². The summed E-state index contributed by atoms with van der Waals surface area (Å²) in [5.74, 6) is 0.947. The topological polar surface area (TPSA) is 32.0 Å². The number of fused-ring (bicyclic) bond motifs is 8. The number of guanidine groups is 1. The van der Waals surface area contributed by atoms with Crippen molar-refractivity contribution in [2.75, 3.05) is 9.80 Å². The Kier molecular flexibility index (Phi) is 3.22. The molecule has 3 heterocycles. The predicted molar refractivity (Wildman–Crippen MR) is 126 cm³/mol. The molecule has 0 fully saturated rings.